The van der Waals surface area contributed by atoms with E-state index in [-0.39, 0.29) is 11.9 Å². The van der Waals surface area contributed by atoms with E-state index in [0.717, 1.165) is 11.4 Å². The normalized spacial score (nSPS) is 16.3. The van der Waals surface area contributed by atoms with Crippen LogP contribution >= 0.6 is 0 Å². The van der Waals surface area contributed by atoms with Crippen molar-refractivity contribution in [3.8, 4) is 6.07 Å². The number of anilines is 2. The van der Waals surface area contributed by atoms with Crippen LogP contribution in [0.4, 0.5) is 11.4 Å². The summed E-state index contributed by atoms with van der Waals surface area (Å²) in [5.74, 6) is 0.256. The summed E-state index contributed by atoms with van der Waals surface area (Å²) in [4.78, 5) is 19.1. The number of rotatable bonds is 2. The van der Waals surface area contributed by atoms with Crippen molar-refractivity contribution in [3.63, 3.8) is 0 Å². The van der Waals surface area contributed by atoms with Crippen molar-refractivity contribution in [1.82, 2.24) is 4.98 Å². The molecule has 2 heterocycles. The SMILES string of the molecule is Cc1nc(C(=O)N2C[C@@H](C(C)C)Nc3ccccc32)ccc1C#N. The van der Waals surface area contributed by atoms with Crippen LogP contribution in [-0.2, 0) is 0 Å². The van der Waals surface area contributed by atoms with Gasteiger partial charge in [0, 0.05) is 12.6 Å². The molecule has 1 amide bonds. The van der Waals surface area contributed by atoms with E-state index in [1.165, 1.54) is 0 Å². The van der Waals surface area contributed by atoms with Crippen molar-refractivity contribution in [2.24, 2.45) is 5.92 Å². The molecule has 2 aromatic rings. The molecule has 0 fully saturated rings. The molecule has 0 bridgehead atoms. The van der Waals surface area contributed by atoms with Crippen LogP contribution in [0.3, 0.4) is 0 Å². The topological polar surface area (TPSA) is 69.0 Å². The number of hydrogen-bond acceptors (Lipinski definition) is 4. The van der Waals surface area contributed by atoms with Crippen LogP contribution in [0.15, 0.2) is 36.4 Å². The molecule has 5 heteroatoms. The highest BCUT2D eigenvalue weighted by Crippen LogP contribution is 2.33. The van der Waals surface area contributed by atoms with Crippen molar-refractivity contribution in [2.75, 3.05) is 16.8 Å². The monoisotopic (exact) mass is 320 g/mol. The van der Waals surface area contributed by atoms with Gasteiger partial charge in [0.05, 0.1) is 22.6 Å². The summed E-state index contributed by atoms with van der Waals surface area (Å²) >= 11 is 0. The number of aromatic nitrogens is 1. The highest BCUT2D eigenvalue weighted by Gasteiger charge is 2.30. The first-order chi connectivity index (χ1) is 11.5. The fourth-order valence-corrected chi connectivity index (χ4v) is 2.88. The second-order valence-electron chi connectivity index (χ2n) is 6.37. The van der Waals surface area contributed by atoms with Crippen LogP contribution in [-0.4, -0.2) is 23.5 Å². The predicted molar refractivity (Wildman–Crippen MR) is 94.1 cm³/mol. The van der Waals surface area contributed by atoms with E-state index in [9.17, 15) is 4.79 Å². The number of pyridine rings is 1. The Morgan fingerprint density at radius 1 is 1.33 bits per heavy atom. The van der Waals surface area contributed by atoms with E-state index in [4.69, 9.17) is 5.26 Å². The van der Waals surface area contributed by atoms with Gasteiger partial charge in [-0.15, -0.1) is 0 Å². The third kappa shape index (κ3) is 2.83. The van der Waals surface area contributed by atoms with Crippen molar-refractivity contribution in [3.05, 3.63) is 53.3 Å². The summed E-state index contributed by atoms with van der Waals surface area (Å²) in [6.07, 6.45) is 0. The van der Waals surface area contributed by atoms with Gasteiger partial charge in [0.1, 0.15) is 11.8 Å². The lowest BCUT2D eigenvalue weighted by Crippen LogP contribution is -2.47. The Balaban J connectivity index is 1.99. The Hall–Kier alpha value is -2.87. The number of nitrogens with one attached hydrogen (secondary N) is 1. The maximum atomic E-state index is 13.0. The van der Waals surface area contributed by atoms with Gasteiger partial charge in [-0.1, -0.05) is 26.0 Å². The van der Waals surface area contributed by atoms with E-state index in [1.807, 2.05) is 24.3 Å². The van der Waals surface area contributed by atoms with Crippen molar-refractivity contribution < 1.29 is 4.79 Å². The number of para-hydroxylation sites is 2. The second-order valence-corrected chi connectivity index (χ2v) is 6.37. The molecule has 0 saturated heterocycles. The minimum absolute atomic E-state index is 0.137. The highest BCUT2D eigenvalue weighted by atomic mass is 16.2. The van der Waals surface area contributed by atoms with Gasteiger partial charge in [0.25, 0.3) is 5.91 Å². The highest BCUT2D eigenvalue weighted by molar-refractivity contribution is 6.07. The third-order valence-electron chi connectivity index (χ3n) is 4.39. The van der Waals surface area contributed by atoms with Gasteiger partial charge in [0.2, 0.25) is 0 Å². The number of nitrogens with zero attached hydrogens (tertiary/aromatic N) is 3. The molecule has 0 spiro atoms. The number of aryl methyl sites for hydroxylation is 1. The Kier molecular flexibility index (Phi) is 4.22. The molecule has 1 aliphatic rings. The van der Waals surface area contributed by atoms with E-state index in [0.29, 0.717) is 29.4 Å². The fraction of sp³-hybridized carbons (Fsp3) is 0.316. The van der Waals surface area contributed by atoms with Gasteiger partial charge in [-0.2, -0.15) is 5.26 Å². The molecule has 1 atom stereocenters. The Morgan fingerprint density at radius 3 is 2.75 bits per heavy atom. The molecule has 0 aliphatic carbocycles. The number of hydrogen-bond donors (Lipinski definition) is 1. The lowest BCUT2D eigenvalue weighted by atomic mass is 9.99. The number of fused-ring (bicyclic) bond motifs is 1. The number of benzene rings is 1. The largest absolute Gasteiger partial charge is 0.379 e. The van der Waals surface area contributed by atoms with Gasteiger partial charge in [0.15, 0.2) is 0 Å². The van der Waals surface area contributed by atoms with E-state index in [1.54, 1.807) is 24.0 Å². The number of amides is 1. The van der Waals surface area contributed by atoms with Gasteiger partial charge < -0.3 is 10.2 Å². The molecule has 1 aromatic carbocycles. The van der Waals surface area contributed by atoms with Gasteiger partial charge in [-0.3, -0.25) is 4.79 Å². The van der Waals surface area contributed by atoms with Crippen LogP contribution in [0.5, 0.6) is 0 Å². The summed E-state index contributed by atoms with van der Waals surface area (Å²) in [6.45, 7) is 6.61. The summed E-state index contributed by atoms with van der Waals surface area (Å²) < 4.78 is 0. The van der Waals surface area contributed by atoms with E-state index < -0.39 is 0 Å². The zero-order valence-electron chi connectivity index (χ0n) is 14.1. The Bertz CT molecular complexity index is 822. The molecular formula is C19H20N4O. The molecule has 0 unspecified atom stereocenters. The standard InChI is InChI=1S/C19H20N4O/c1-12(2)17-11-23(18-7-5-4-6-15(18)22-17)19(24)16-9-8-14(10-20)13(3)21-16/h4-9,12,17,22H,11H2,1-3H3/t17-/m0/s1. The van der Waals surface area contributed by atoms with Crippen LogP contribution in [0.25, 0.3) is 0 Å². The minimum atomic E-state index is -0.137. The first-order valence-electron chi connectivity index (χ1n) is 8.06. The van der Waals surface area contributed by atoms with Gasteiger partial charge in [-0.05, 0) is 37.1 Å². The molecule has 24 heavy (non-hydrogen) atoms. The summed E-state index contributed by atoms with van der Waals surface area (Å²) in [5, 5.41) is 12.5. The smallest absolute Gasteiger partial charge is 0.277 e. The number of carbonyl (C=O) groups is 1. The van der Waals surface area contributed by atoms with Crippen LogP contribution in [0.2, 0.25) is 0 Å². The van der Waals surface area contributed by atoms with Crippen LogP contribution < -0.4 is 10.2 Å². The molecule has 1 aliphatic heterocycles. The average molecular weight is 320 g/mol. The van der Waals surface area contributed by atoms with Crippen molar-refractivity contribution in [1.29, 1.82) is 5.26 Å². The quantitative estimate of drug-likeness (QED) is 0.921. The molecule has 122 valence electrons. The zero-order chi connectivity index (χ0) is 17.3. The van der Waals surface area contributed by atoms with E-state index in [2.05, 4.69) is 30.2 Å². The number of nitriles is 1. The first-order valence-corrected chi connectivity index (χ1v) is 8.06. The third-order valence-corrected chi connectivity index (χ3v) is 4.39. The summed E-state index contributed by atoms with van der Waals surface area (Å²) in [6, 6.07) is 13.4. The average Bonchev–Trinajstić information content (AvgIpc) is 2.60. The maximum absolute atomic E-state index is 13.0. The molecule has 1 aromatic heterocycles. The lowest BCUT2D eigenvalue weighted by molar-refractivity contribution is 0.0978. The van der Waals surface area contributed by atoms with Crippen LogP contribution in [0.1, 0.15) is 35.6 Å². The summed E-state index contributed by atoms with van der Waals surface area (Å²) in [7, 11) is 0. The van der Waals surface area contributed by atoms with Crippen LogP contribution in [0, 0.1) is 24.2 Å². The van der Waals surface area contributed by atoms with Crippen molar-refractivity contribution >= 4 is 17.3 Å². The molecule has 0 radical (unpaired) electrons. The number of carbonyl (C=O) groups excluding carboxylic acids is 1. The zero-order valence-corrected chi connectivity index (χ0v) is 14.1. The second kappa shape index (κ2) is 6.32. The maximum Gasteiger partial charge on any atom is 0.277 e. The molecule has 1 N–H and O–H groups in total. The van der Waals surface area contributed by atoms with Crippen molar-refractivity contribution in [2.45, 2.75) is 26.8 Å². The van der Waals surface area contributed by atoms with Gasteiger partial charge >= 0.3 is 0 Å². The first kappa shape index (κ1) is 16.0. The molecule has 0 saturated carbocycles. The minimum Gasteiger partial charge on any atom is -0.379 e. The lowest BCUT2D eigenvalue weighted by Gasteiger charge is -2.37. The Morgan fingerprint density at radius 2 is 2.08 bits per heavy atom. The summed E-state index contributed by atoms with van der Waals surface area (Å²) in [5.41, 5.74) is 3.26. The van der Waals surface area contributed by atoms with Gasteiger partial charge in [-0.25, -0.2) is 4.98 Å². The molecule has 5 nitrogen and oxygen atoms in total. The van der Waals surface area contributed by atoms with E-state index >= 15 is 0 Å². The Labute approximate surface area is 141 Å². The molecular weight excluding hydrogens is 300 g/mol. The molecule has 3 rings (SSSR count). The predicted octanol–water partition coefficient (Wildman–Crippen LogP) is 3.36. The fourth-order valence-electron chi connectivity index (χ4n) is 2.88.